The Labute approximate surface area is 146 Å². The second-order valence-electron chi connectivity index (χ2n) is 6.00. The van der Waals surface area contributed by atoms with Gasteiger partial charge >= 0.3 is 0 Å². The highest BCUT2D eigenvalue weighted by atomic mass is 35.5. The number of rotatable bonds is 5. The third-order valence-corrected chi connectivity index (χ3v) is 4.60. The summed E-state index contributed by atoms with van der Waals surface area (Å²) < 4.78 is 11.3. The van der Waals surface area contributed by atoms with E-state index in [9.17, 15) is 5.11 Å². The highest BCUT2D eigenvalue weighted by Gasteiger charge is 2.19. The minimum Gasteiger partial charge on any atom is -0.507 e. The molecular weight excluding hydrogens is 324 g/mol. The summed E-state index contributed by atoms with van der Waals surface area (Å²) >= 11 is 6.38. The largest absolute Gasteiger partial charge is 0.507 e. The molecule has 1 N–H and O–H groups in total. The highest BCUT2D eigenvalue weighted by Crippen LogP contribution is 2.40. The lowest BCUT2D eigenvalue weighted by molar-refractivity contribution is 0.414. The maximum absolute atomic E-state index is 10.6. The van der Waals surface area contributed by atoms with E-state index in [1.807, 2.05) is 31.2 Å². The van der Waals surface area contributed by atoms with Gasteiger partial charge in [-0.1, -0.05) is 37.1 Å². The molecule has 1 heterocycles. The number of phenolic OH excluding ortho intramolecular Hbond substituents is 1. The van der Waals surface area contributed by atoms with Crippen LogP contribution >= 0.6 is 11.6 Å². The molecule has 1 aromatic heterocycles. The Hall–Kier alpha value is -2.13. The third kappa shape index (κ3) is 2.96. The summed E-state index contributed by atoms with van der Waals surface area (Å²) in [5.41, 5.74) is 3.45. The first-order valence-electron chi connectivity index (χ1n) is 8.10. The van der Waals surface area contributed by atoms with Gasteiger partial charge in [0.25, 0.3) is 0 Å². The van der Waals surface area contributed by atoms with Crippen LogP contribution in [0.15, 0.2) is 34.7 Å². The van der Waals surface area contributed by atoms with Gasteiger partial charge in [0.15, 0.2) is 5.58 Å². The van der Waals surface area contributed by atoms with Gasteiger partial charge in [-0.2, -0.15) is 0 Å². The second kappa shape index (κ2) is 6.78. The molecule has 0 aliphatic heterocycles. The molecule has 0 radical (unpaired) electrons. The van der Waals surface area contributed by atoms with Crippen LogP contribution in [0.4, 0.5) is 0 Å². The molecule has 0 unspecified atom stereocenters. The topological polar surface area (TPSA) is 42.6 Å². The Kier molecular flexibility index (Phi) is 4.72. The van der Waals surface area contributed by atoms with Crippen LogP contribution < -0.4 is 4.74 Å². The lowest BCUT2D eigenvalue weighted by Crippen LogP contribution is -1.90. The van der Waals surface area contributed by atoms with E-state index >= 15 is 0 Å². The van der Waals surface area contributed by atoms with Crippen molar-refractivity contribution in [1.82, 2.24) is 0 Å². The second-order valence-corrected chi connectivity index (χ2v) is 6.41. The van der Waals surface area contributed by atoms with E-state index in [-0.39, 0.29) is 5.75 Å². The number of hydrogen-bond acceptors (Lipinski definition) is 3. The summed E-state index contributed by atoms with van der Waals surface area (Å²) in [6, 6.07) is 9.68. The Morgan fingerprint density at radius 2 is 2.04 bits per heavy atom. The van der Waals surface area contributed by atoms with Crippen molar-refractivity contribution in [2.45, 2.75) is 33.1 Å². The minimum absolute atomic E-state index is 0.286. The molecule has 0 aliphatic carbocycles. The molecule has 0 amide bonds. The number of benzene rings is 2. The average molecular weight is 345 g/mol. The number of hydrogen-bond donors (Lipinski definition) is 1. The lowest BCUT2D eigenvalue weighted by atomic mass is 10.0. The van der Waals surface area contributed by atoms with Gasteiger partial charge in [0.05, 0.1) is 17.5 Å². The third-order valence-electron chi connectivity index (χ3n) is 4.32. The van der Waals surface area contributed by atoms with E-state index in [4.69, 9.17) is 20.8 Å². The number of fused-ring (bicyclic) bond motifs is 1. The van der Waals surface area contributed by atoms with Crippen molar-refractivity contribution in [1.29, 1.82) is 0 Å². The first kappa shape index (κ1) is 16.7. The van der Waals surface area contributed by atoms with Crippen molar-refractivity contribution >= 4 is 22.6 Å². The van der Waals surface area contributed by atoms with Crippen LogP contribution in [-0.4, -0.2) is 12.2 Å². The molecule has 0 spiro atoms. The SMILES string of the molecule is CCCc1cc(Cl)c2oc(Cc3cccc(OC)c3)c(C)c2c1O. The normalized spacial score (nSPS) is 11.2. The molecule has 3 nitrogen and oxygen atoms in total. The predicted octanol–water partition coefficient (Wildman–Crippen LogP) is 5.65. The summed E-state index contributed by atoms with van der Waals surface area (Å²) in [6.45, 7) is 4.04. The first-order valence-corrected chi connectivity index (χ1v) is 8.48. The monoisotopic (exact) mass is 344 g/mol. The van der Waals surface area contributed by atoms with E-state index in [1.165, 1.54) is 0 Å². The number of phenols is 1. The van der Waals surface area contributed by atoms with Crippen LogP contribution in [0.5, 0.6) is 11.5 Å². The van der Waals surface area contributed by atoms with Crippen LogP contribution in [0, 0.1) is 6.92 Å². The van der Waals surface area contributed by atoms with Gasteiger partial charge in [-0.3, -0.25) is 0 Å². The first-order chi connectivity index (χ1) is 11.5. The van der Waals surface area contributed by atoms with Crippen molar-refractivity contribution in [3.63, 3.8) is 0 Å². The van der Waals surface area contributed by atoms with E-state index in [0.717, 1.165) is 46.4 Å². The molecule has 0 saturated heterocycles. The quantitative estimate of drug-likeness (QED) is 0.650. The minimum atomic E-state index is 0.286. The maximum Gasteiger partial charge on any atom is 0.156 e. The summed E-state index contributed by atoms with van der Waals surface area (Å²) in [5, 5.41) is 11.9. The lowest BCUT2D eigenvalue weighted by Gasteiger charge is -2.05. The number of furan rings is 1. The molecular formula is C20H21ClO3. The van der Waals surface area contributed by atoms with E-state index in [0.29, 0.717) is 17.0 Å². The fourth-order valence-electron chi connectivity index (χ4n) is 3.06. The van der Waals surface area contributed by atoms with Gasteiger partial charge in [-0.25, -0.2) is 0 Å². The van der Waals surface area contributed by atoms with Crippen LogP contribution in [-0.2, 0) is 12.8 Å². The highest BCUT2D eigenvalue weighted by molar-refractivity contribution is 6.35. The van der Waals surface area contributed by atoms with Crippen LogP contribution in [0.3, 0.4) is 0 Å². The summed E-state index contributed by atoms with van der Waals surface area (Å²) in [7, 11) is 1.65. The number of halogens is 1. The molecule has 3 rings (SSSR count). The zero-order chi connectivity index (χ0) is 17.3. The van der Waals surface area contributed by atoms with Crippen molar-refractivity contribution in [3.8, 4) is 11.5 Å². The predicted molar refractivity (Wildman–Crippen MR) is 97.4 cm³/mol. The Bertz CT molecular complexity index is 880. The molecule has 0 atom stereocenters. The number of methoxy groups -OCH3 is 1. The van der Waals surface area contributed by atoms with Gasteiger partial charge < -0.3 is 14.3 Å². The van der Waals surface area contributed by atoms with Gasteiger partial charge in [-0.05, 0) is 42.7 Å². The Morgan fingerprint density at radius 3 is 2.75 bits per heavy atom. The molecule has 0 bridgehead atoms. The van der Waals surface area contributed by atoms with Gasteiger partial charge in [0.2, 0.25) is 0 Å². The van der Waals surface area contributed by atoms with Gasteiger partial charge in [0.1, 0.15) is 17.3 Å². The van der Waals surface area contributed by atoms with E-state index < -0.39 is 0 Å². The smallest absolute Gasteiger partial charge is 0.156 e. The Balaban J connectivity index is 2.08. The summed E-state index contributed by atoms with van der Waals surface area (Å²) in [4.78, 5) is 0. The molecule has 4 heteroatoms. The van der Waals surface area contributed by atoms with Crippen molar-refractivity contribution < 1.29 is 14.3 Å². The van der Waals surface area contributed by atoms with Crippen molar-refractivity contribution in [3.05, 3.63) is 57.8 Å². The molecule has 0 fully saturated rings. The maximum atomic E-state index is 10.6. The fourth-order valence-corrected chi connectivity index (χ4v) is 3.32. The molecule has 0 aliphatic rings. The Morgan fingerprint density at radius 1 is 1.25 bits per heavy atom. The van der Waals surface area contributed by atoms with Crippen LogP contribution in [0.1, 0.15) is 35.8 Å². The van der Waals surface area contributed by atoms with Crippen LogP contribution in [0.2, 0.25) is 5.02 Å². The zero-order valence-electron chi connectivity index (χ0n) is 14.1. The number of aromatic hydroxyl groups is 1. The summed E-state index contributed by atoms with van der Waals surface area (Å²) in [5.74, 6) is 1.91. The standard InChI is InChI=1S/C20H21ClO3/c1-4-6-14-11-16(21)20-18(19(14)22)12(2)17(24-20)10-13-7-5-8-15(9-13)23-3/h5,7-9,11,22H,4,6,10H2,1-3H3. The molecule has 24 heavy (non-hydrogen) atoms. The van der Waals surface area contributed by atoms with Crippen molar-refractivity contribution in [2.75, 3.05) is 7.11 Å². The molecule has 126 valence electrons. The van der Waals surface area contributed by atoms with Gasteiger partial charge in [0, 0.05) is 12.0 Å². The summed E-state index contributed by atoms with van der Waals surface area (Å²) in [6.07, 6.45) is 2.36. The van der Waals surface area contributed by atoms with E-state index in [1.54, 1.807) is 13.2 Å². The molecule has 3 aromatic rings. The molecule has 0 saturated carbocycles. The number of ether oxygens (including phenoxy) is 1. The van der Waals surface area contributed by atoms with Gasteiger partial charge in [-0.15, -0.1) is 0 Å². The van der Waals surface area contributed by atoms with E-state index in [2.05, 4.69) is 6.92 Å². The van der Waals surface area contributed by atoms with Crippen molar-refractivity contribution in [2.24, 2.45) is 0 Å². The zero-order valence-corrected chi connectivity index (χ0v) is 14.9. The average Bonchev–Trinajstić information content (AvgIpc) is 2.90. The number of aryl methyl sites for hydroxylation is 2. The van der Waals surface area contributed by atoms with Crippen LogP contribution in [0.25, 0.3) is 11.0 Å². The molecule has 2 aromatic carbocycles. The fraction of sp³-hybridized carbons (Fsp3) is 0.300.